The molecule has 1 aromatic carbocycles. The van der Waals surface area contributed by atoms with Crippen molar-refractivity contribution in [3.63, 3.8) is 0 Å². The Morgan fingerprint density at radius 1 is 1.07 bits per heavy atom. The van der Waals surface area contributed by atoms with Crippen LogP contribution in [0.3, 0.4) is 0 Å². The van der Waals surface area contributed by atoms with Crippen LogP contribution < -0.4 is 4.74 Å². The van der Waals surface area contributed by atoms with Crippen molar-refractivity contribution in [3.05, 3.63) is 36.8 Å². The van der Waals surface area contributed by atoms with Crippen molar-refractivity contribution in [2.24, 2.45) is 0 Å². The minimum atomic E-state index is 0.503. The molecule has 0 N–H and O–H groups in total. The van der Waals surface area contributed by atoms with E-state index in [1.165, 1.54) is 37.7 Å². The number of hydrogen-bond acceptors (Lipinski definition) is 1. The molecule has 0 spiro atoms. The molecule has 1 nitrogen and oxygen atoms in total. The first-order valence-electron chi connectivity index (χ1n) is 5.92. The largest absolute Gasteiger partial charge is 0.494 e. The van der Waals surface area contributed by atoms with Gasteiger partial charge in [-0.2, -0.15) is 0 Å². The Balaban J connectivity index is 2.02. The predicted octanol–water partition coefficient (Wildman–Crippen LogP) is 3.95. The van der Waals surface area contributed by atoms with Gasteiger partial charge in [0.2, 0.25) is 0 Å². The van der Waals surface area contributed by atoms with Crippen molar-refractivity contribution < 1.29 is 4.74 Å². The average Bonchev–Trinajstić information content (AvgIpc) is 2.32. The molecular formula is C14H19O. The van der Waals surface area contributed by atoms with Crippen LogP contribution in [0, 0.1) is 6.92 Å². The fourth-order valence-corrected chi connectivity index (χ4v) is 2.39. The van der Waals surface area contributed by atoms with E-state index in [0.29, 0.717) is 6.61 Å². The first kappa shape index (κ1) is 10.5. The summed E-state index contributed by atoms with van der Waals surface area (Å²) in [6.45, 7) is 4.17. The monoisotopic (exact) mass is 203 g/mol. The lowest BCUT2D eigenvalue weighted by Crippen LogP contribution is -2.04. The molecule has 15 heavy (non-hydrogen) atoms. The second-order valence-corrected chi connectivity index (χ2v) is 4.25. The third-order valence-corrected chi connectivity index (χ3v) is 3.23. The van der Waals surface area contributed by atoms with Crippen LogP contribution in [0.4, 0.5) is 0 Å². The lowest BCUT2D eigenvalue weighted by atomic mass is 9.84. The smallest absolute Gasteiger partial charge is 0.119 e. The standard InChI is InChI=1S/C14H19O/c1-2-15-14-10-8-13(9-11-14)12-6-4-3-5-7-12/h8-12H,1-7H2. The molecule has 81 valence electrons. The van der Waals surface area contributed by atoms with E-state index in [1.807, 2.05) is 0 Å². The van der Waals surface area contributed by atoms with Crippen LogP contribution in [0.25, 0.3) is 0 Å². The maximum atomic E-state index is 5.34. The van der Waals surface area contributed by atoms with Gasteiger partial charge in [-0.3, -0.25) is 0 Å². The van der Waals surface area contributed by atoms with Crippen LogP contribution in [0.2, 0.25) is 0 Å². The Morgan fingerprint density at radius 3 is 2.33 bits per heavy atom. The Labute approximate surface area is 92.5 Å². The fraction of sp³-hybridized carbons (Fsp3) is 0.500. The number of benzene rings is 1. The van der Waals surface area contributed by atoms with Gasteiger partial charge in [0.1, 0.15) is 5.75 Å². The van der Waals surface area contributed by atoms with Crippen molar-refractivity contribution in [1.82, 2.24) is 0 Å². The number of ether oxygens (including phenoxy) is 1. The second-order valence-electron chi connectivity index (χ2n) is 4.25. The lowest BCUT2D eigenvalue weighted by molar-refractivity contribution is 0.360. The number of hydrogen-bond donors (Lipinski definition) is 0. The lowest BCUT2D eigenvalue weighted by Gasteiger charge is -2.22. The summed E-state index contributed by atoms with van der Waals surface area (Å²) in [6.07, 6.45) is 6.91. The van der Waals surface area contributed by atoms with E-state index in [4.69, 9.17) is 4.74 Å². The summed E-state index contributed by atoms with van der Waals surface area (Å²) in [5.74, 6) is 1.72. The molecule has 1 heteroatoms. The van der Waals surface area contributed by atoms with Gasteiger partial charge in [-0.05, 0) is 43.4 Å². The molecule has 0 unspecified atom stereocenters. The van der Waals surface area contributed by atoms with Crippen LogP contribution in [0.15, 0.2) is 24.3 Å². The van der Waals surface area contributed by atoms with E-state index in [2.05, 4.69) is 31.2 Å². The quantitative estimate of drug-likeness (QED) is 0.722. The highest BCUT2D eigenvalue weighted by Gasteiger charge is 2.14. The van der Waals surface area contributed by atoms with Gasteiger partial charge in [0.15, 0.2) is 0 Å². The van der Waals surface area contributed by atoms with Crippen LogP contribution in [0.1, 0.15) is 43.6 Å². The summed E-state index contributed by atoms with van der Waals surface area (Å²) < 4.78 is 5.34. The van der Waals surface area contributed by atoms with Gasteiger partial charge in [0.25, 0.3) is 0 Å². The topological polar surface area (TPSA) is 9.23 Å². The van der Waals surface area contributed by atoms with Gasteiger partial charge in [-0.15, -0.1) is 0 Å². The summed E-state index contributed by atoms with van der Waals surface area (Å²) in [5.41, 5.74) is 1.48. The van der Waals surface area contributed by atoms with Gasteiger partial charge in [0.05, 0.1) is 6.61 Å². The summed E-state index contributed by atoms with van der Waals surface area (Å²) in [7, 11) is 0. The SMILES string of the molecule is [CH2]COc1ccc(C2CCCCC2)cc1. The van der Waals surface area contributed by atoms with E-state index in [9.17, 15) is 0 Å². The zero-order valence-corrected chi connectivity index (χ0v) is 9.24. The van der Waals surface area contributed by atoms with E-state index in [-0.39, 0.29) is 0 Å². The first-order valence-corrected chi connectivity index (χ1v) is 5.92. The molecule has 0 atom stereocenters. The molecule has 0 saturated heterocycles. The average molecular weight is 203 g/mol. The van der Waals surface area contributed by atoms with Crippen molar-refractivity contribution in [1.29, 1.82) is 0 Å². The van der Waals surface area contributed by atoms with Gasteiger partial charge < -0.3 is 4.74 Å². The Bertz CT molecular complexity index is 283. The third kappa shape index (κ3) is 2.74. The Morgan fingerprint density at radius 2 is 1.73 bits per heavy atom. The Kier molecular flexibility index (Phi) is 3.65. The molecule has 0 bridgehead atoms. The van der Waals surface area contributed by atoms with E-state index in [1.54, 1.807) is 0 Å². The van der Waals surface area contributed by atoms with Crippen LogP contribution in [-0.2, 0) is 0 Å². The molecule has 0 heterocycles. The van der Waals surface area contributed by atoms with Gasteiger partial charge >= 0.3 is 0 Å². The summed E-state index contributed by atoms with van der Waals surface area (Å²) in [4.78, 5) is 0. The van der Waals surface area contributed by atoms with Crippen LogP contribution >= 0.6 is 0 Å². The fourth-order valence-electron chi connectivity index (χ4n) is 2.39. The molecular weight excluding hydrogens is 184 g/mol. The molecule has 1 saturated carbocycles. The zero-order chi connectivity index (χ0) is 10.5. The molecule has 1 aliphatic carbocycles. The van der Waals surface area contributed by atoms with Crippen LogP contribution in [0.5, 0.6) is 5.75 Å². The molecule has 1 aliphatic rings. The molecule has 1 aromatic rings. The predicted molar refractivity (Wildman–Crippen MR) is 63.1 cm³/mol. The van der Waals surface area contributed by atoms with Crippen molar-refractivity contribution >= 4 is 0 Å². The summed E-state index contributed by atoms with van der Waals surface area (Å²) in [6, 6.07) is 8.55. The highest BCUT2D eigenvalue weighted by Crippen LogP contribution is 2.33. The second kappa shape index (κ2) is 5.20. The zero-order valence-electron chi connectivity index (χ0n) is 9.24. The highest BCUT2D eigenvalue weighted by atomic mass is 16.5. The molecule has 1 fully saturated rings. The van der Waals surface area contributed by atoms with Crippen molar-refractivity contribution in [3.8, 4) is 5.75 Å². The van der Waals surface area contributed by atoms with Crippen LogP contribution in [-0.4, -0.2) is 6.61 Å². The van der Waals surface area contributed by atoms with Gasteiger partial charge in [-0.1, -0.05) is 31.4 Å². The minimum Gasteiger partial charge on any atom is -0.494 e. The normalized spacial score (nSPS) is 17.7. The van der Waals surface area contributed by atoms with Crippen molar-refractivity contribution in [2.45, 2.75) is 38.0 Å². The third-order valence-electron chi connectivity index (χ3n) is 3.23. The minimum absolute atomic E-state index is 0.503. The molecule has 0 aliphatic heterocycles. The molecule has 1 radical (unpaired) electrons. The van der Waals surface area contributed by atoms with E-state index < -0.39 is 0 Å². The molecule has 0 amide bonds. The van der Waals surface area contributed by atoms with E-state index >= 15 is 0 Å². The maximum absolute atomic E-state index is 5.34. The molecule has 0 aromatic heterocycles. The van der Waals surface area contributed by atoms with Gasteiger partial charge in [-0.25, -0.2) is 0 Å². The van der Waals surface area contributed by atoms with E-state index in [0.717, 1.165) is 11.7 Å². The number of rotatable bonds is 3. The molecule has 2 rings (SSSR count). The Hall–Kier alpha value is -0.980. The first-order chi connectivity index (χ1) is 7.40. The van der Waals surface area contributed by atoms with Crippen molar-refractivity contribution in [2.75, 3.05) is 6.61 Å². The maximum Gasteiger partial charge on any atom is 0.119 e. The summed E-state index contributed by atoms with van der Waals surface area (Å²) in [5, 5.41) is 0. The van der Waals surface area contributed by atoms with Gasteiger partial charge in [0, 0.05) is 0 Å². The summed E-state index contributed by atoms with van der Waals surface area (Å²) >= 11 is 0. The highest BCUT2D eigenvalue weighted by molar-refractivity contribution is 5.29.